The highest BCUT2D eigenvalue weighted by molar-refractivity contribution is 6.36. The number of hydrogen-bond acceptors (Lipinski definition) is 1. The van der Waals surface area contributed by atoms with Crippen LogP contribution in [0.5, 0.6) is 0 Å². The Kier molecular flexibility index (Phi) is 3.23. The van der Waals surface area contributed by atoms with E-state index < -0.39 is 0 Å². The van der Waals surface area contributed by atoms with E-state index in [-0.39, 0.29) is 0 Å². The van der Waals surface area contributed by atoms with E-state index >= 15 is 0 Å². The lowest BCUT2D eigenvalue weighted by Crippen LogP contribution is -2.17. The molecule has 1 aromatic carbocycles. The van der Waals surface area contributed by atoms with Crippen molar-refractivity contribution in [3.8, 4) is 0 Å². The van der Waals surface area contributed by atoms with Gasteiger partial charge in [-0.2, -0.15) is 0 Å². The van der Waals surface area contributed by atoms with Crippen molar-refractivity contribution < 1.29 is 0 Å². The molecule has 1 atom stereocenters. The zero-order chi connectivity index (χ0) is 11.8. The summed E-state index contributed by atoms with van der Waals surface area (Å²) in [6.07, 6.45) is 6.88. The third-order valence-electron chi connectivity index (χ3n) is 4.20. The minimum atomic E-state index is 0.612. The van der Waals surface area contributed by atoms with Crippen LogP contribution in [0.1, 0.15) is 43.6 Å². The van der Waals surface area contributed by atoms with Gasteiger partial charge in [0, 0.05) is 17.5 Å². The molecular weight excluding hydrogens is 253 g/mol. The van der Waals surface area contributed by atoms with E-state index in [1.165, 1.54) is 37.7 Å². The van der Waals surface area contributed by atoms with Gasteiger partial charge < -0.3 is 5.32 Å². The number of hydrogen-bond donors (Lipinski definition) is 1. The Hall–Kier alpha value is -0.400. The van der Waals surface area contributed by atoms with Crippen LogP contribution in [0, 0.1) is 5.92 Å². The summed E-state index contributed by atoms with van der Waals surface area (Å²) in [4.78, 5) is 0. The topological polar surface area (TPSA) is 12.0 Å². The average molecular weight is 270 g/mol. The van der Waals surface area contributed by atoms with Crippen LogP contribution < -0.4 is 5.32 Å². The molecule has 0 saturated heterocycles. The van der Waals surface area contributed by atoms with Crippen molar-refractivity contribution in [1.82, 2.24) is 0 Å². The van der Waals surface area contributed by atoms with Crippen LogP contribution in [-0.2, 0) is 0 Å². The Balaban J connectivity index is 1.92. The van der Waals surface area contributed by atoms with E-state index in [1.807, 2.05) is 6.07 Å². The van der Waals surface area contributed by atoms with Gasteiger partial charge in [-0.15, -0.1) is 0 Å². The van der Waals surface area contributed by atoms with Gasteiger partial charge in [0.15, 0.2) is 0 Å². The van der Waals surface area contributed by atoms with Gasteiger partial charge >= 0.3 is 0 Å². The molecule has 17 heavy (non-hydrogen) atoms. The predicted octanol–water partition coefficient (Wildman–Crippen LogP) is 5.08. The Labute approximate surface area is 112 Å². The number of rotatable bonds is 1. The maximum atomic E-state index is 6.23. The third-order valence-corrected chi connectivity index (χ3v) is 4.72. The van der Waals surface area contributed by atoms with Crippen LogP contribution in [0.4, 0.5) is 5.69 Å². The summed E-state index contributed by atoms with van der Waals surface area (Å²) in [5.74, 6) is 1.42. The van der Waals surface area contributed by atoms with Gasteiger partial charge in [0.1, 0.15) is 0 Å². The quantitative estimate of drug-likeness (QED) is 0.750. The van der Waals surface area contributed by atoms with Crippen LogP contribution >= 0.6 is 23.2 Å². The van der Waals surface area contributed by atoms with Crippen LogP contribution in [0.3, 0.4) is 0 Å². The fourth-order valence-electron chi connectivity index (χ4n) is 3.35. The zero-order valence-corrected chi connectivity index (χ0v) is 11.3. The fraction of sp³-hybridized carbons (Fsp3) is 0.571. The van der Waals surface area contributed by atoms with E-state index in [2.05, 4.69) is 11.4 Å². The van der Waals surface area contributed by atoms with Crippen LogP contribution in [-0.4, -0.2) is 6.54 Å². The normalized spacial score (nSPS) is 24.5. The van der Waals surface area contributed by atoms with Gasteiger partial charge in [-0.3, -0.25) is 0 Å². The Morgan fingerprint density at radius 3 is 2.59 bits per heavy atom. The summed E-state index contributed by atoms with van der Waals surface area (Å²) in [5.41, 5.74) is 2.46. The van der Waals surface area contributed by atoms with Crippen LogP contribution in [0.15, 0.2) is 12.1 Å². The second-order valence-corrected chi connectivity index (χ2v) is 6.08. The van der Waals surface area contributed by atoms with Crippen molar-refractivity contribution in [3.05, 3.63) is 27.7 Å². The molecule has 1 nitrogen and oxygen atoms in total. The highest BCUT2D eigenvalue weighted by Crippen LogP contribution is 2.45. The molecule has 1 aliphatic carbocycles. The predicted molar refractivity (Wildman–Crippen MR) is 74.3 cm³/mol. The van der Waals surface area contributed by atoms with Crippen molar-refractivity contribution in [3.63, 3.8) is 0 Å². The SMILES string of the molecule is Clc1cc(Cl)c2c(c1)C(C1CCCCC1)CN2. The minimum absolute atomic E-state index is 0.612. The summed E-state index contributed by atoms with van der Waals surface area (Å²) in [5, 5.41) is 4.98. The fourth-order valence-corrected chi connectivity index (χ4v) is 3.93. The van der Waals surface area contributed by atoms with E-state index in [4.69, 9.17) is 23.2 Å². The van der Waals surface area contributed by atoms with Crippen molar-refractivity contribution in [2.75, 3.05) is 11.9 Å². The molecule has 1 heterocycles. The molecule has 0 bridgehead atoms. The first-order chi connectivity index (χ1) is 8.25. The molecule has 0 aromatic heterocycles. The lowest BCUT2D eigenvalue weighted by molar-refractivity contribution is 0.316. The molecular formula is C14H17Cl2N. The smallest absolute Gasteiger partial charge is 0.0655 e. The van der Waals surface area contributed by atoms with Crippen molar-refractivity contribution in [2.45, 2.75) is 38.0 Å². The number of fused-ring (bicyclic) bond motifs is 1. The zero-order valence-electron chi connectivity index (χ0n) is 9.81. The average Bonchev–Trinajstić information content (AvgIpc) is 2.74. The van der Waals surface area contributed by atoms with Gasteiger partial charge in [-0.25, -0.2) is 0 Å². The Bertz CT molecular complexity index is 424. The first kappa shape index (κ1) is 11.7. The summed E-state index contributed by atoms with van der Waals surface area (Å²) >= 11 is 12.4. The maximum absolute atomic E-state index is 6.23. The molecule has 3 rings (SSSR count). The van der Waals surface area contributed by atoms with E-state index in [1.54, 1.807) is 0 Å². The molecule has 1 unspecified atom stereocenters. The monoisotopic (exact) mass is 269 g/mol. The number of nitrogens with one attached hydrogen (secondary N) is 1. The third kappa shape index (κ3) is 2.15. The molecule has 1 N–H and O–H groups in total. The Morgan fingerprint density at radius 2 is 1.82 bits per heavy atom. The van der Waals surface area contributed by atoms with Crippen LogP contribution in [0.25, 0.3) is 0 Å². The van der Waals surface area contributed by atoms with Crippen LogP contribution in [0.2, 0.25) is 10.0 Å². The highest BCUT2D eigenvalue weighted by Gasteiger charge is 2.31. The molecule has 92 valence electrons. The van der Waals surface area contributed by atoms with E-state index in [9.17, 15) is 0 Å². The molecule has 1 fully saturated rings. The van der Waals surface area contributed by atoms with Gasteiger partial charge in [0.05, 0.1) is 10.7 Å². The summed E-state index contributed by atoms with van der Waals surface area (Å²) < 4.78 is 0. The van der Waals surface area contributed by atoms with E-state index in [0.717, 1.165) is 28.2 Å². The number of halogens is 2. The van der Waals surface area contributed by atoms with Crippen molar-refractivity contribution in [2.24, 2.45) is 5.92 Å². The lowest BCUT2D eigenvalue weighted by atomic mass is 9.78. The molecule has 1 aliphatic heterocycles. The van der Waals surface area contributed by atoms with Crippen molar-refractivity contribution >= 4 is 28.9 Å². The number of anilines is 1. The van der Waals surface area contributed by atoms with Gasteiger partial charge in [0.2, 0.25) is 0 Å². The first-order valence-corrected chi connectivity index (χ1v) is 7.24. The van der Waals surface area contributed by atoms with Crippen molar-refractivity contribution in [1.29, 1.82) is 0 Å². The van der Waals surface area contributed by atoms with E-state index in [0.29, 0.717) is 5.92 Å². The van der Waals surface area contributed by atoms with Gasteiger partial charge in [-0.05, 0) is 36.5 Å². The maximum Gasteiger partial charge on any atom is 0.0655 e. The lowest BCUT2D eigenvalue weighted by Gasteiger charge is -2.27. The summed E-state index contributed by atoms with van der Waals surface area (Å²) in [6.45, 7) is 1.03. The molecule has 1 aromatic rings. The number of benzene rings is 1. The first-order valence-electron chi connectivity index (χ1n) is 6.48. The standard InChI is InChI=1S/C14H17Cl2N/c15-10-6-11-12(9-4-2-1-3-5-9)8-17-14(11)13(16)7-10/h6-7,9,12,17H,1-5,8H2. The summed E-state index contributed by atoms with van der Waals surface area (Å²) in [7, 11) is 0. The second kappa shape index (κ2) is 4.70. The molecule has 0 amide bonds. The summed E-state index contributed by atoms with van der Waals surface area (Å²) in [6, 6.07) is 3.93. The minimum Gasteiger partial charge on any atom is -0.383 e. The molecule has 3 heteroatoms. The molecule has 2 aliphatic rings. The largest absolute Gasteiger partial charge is 0.383 e. The molecule has 1 saturated carbocycles. The van der Waals surface area contributed by atoms with Gasteiger partial charge in [-0.1, -0.05) is 42.5 Å². The highest BCUT2D eigenvalue weighted by atomic mass is 35.5. The second-order valence-electron chi connectivity index (χ2n) is 5.24. The molecule has 0 radical (unpaired) electrons. The Morgan fingerprint density at radius 1 is 1.06 bits per heavy atom. The van der Waals surface area contributed by atoms with Gasteiger partial charge in [0.25, 0.3) is 0 Å². The molecule has 0 spiro atoms.